The molecular weight excluding hydrogens is 167 g/mol. The monoisotopic (exact) mass is 176 g/mol. The van der Waals surface area contributed by atoms with Crippen LogP contribution in [0.15, 0.2) is 30.5 Å². The van der Waals surface area contributed by atoms with Crippen molar-refractivity contribution in [3.05, 3.63) is 42.0 Å². The van der Waals surface area contributed by atoms with E-state index in [-0.39, 0.29) is 5.82 Å². The molecule has 1 heterocycles. The fraction of sp³-hybridized carbons (Fsp3) is 0.100. The molecule has 2 N–H and O–H groups in total. The summed E-state index contributed by atoms with van der Waals surface area (Å²) in [5, 5.41) is 1.38. The van der Waals surface area contributed by atoms with Crippen molar-refractivity contribution in [1.29, 1.82) is 0 Å². The lowest BCUT2D eigenvalue weighted by Crippen LogP contribution is -2.00. The van der Waals surface area contributed by atoms with Crippen molar-refractivity contribution in [2.45, 2.75) is 6.54 Å². The highest BCUT2D eigenvalue weighted by molar-refractivity contribution is 5.84. The van der Waals surface area contributed by atoms with Gasteiger partial charge in [-0.1, -0.05) is 12.1 Å². The second-order valence-electron chi connectivity index (χ2n) is 2.80. The number of nitrogens with zero attached hydrogens (tertiary/aromatic N) is 1. The molecular formula is C10H9FN2. The number of pyridine rings is 1. The summed E-state index contributed by atoms with van der Waals surface area (Å²) in [4.78, 5) is 4.07. The molecule has 0 fully saturated rings. The highest BCUT2D eigenvalue weighted by atomic mass is 19.1. The molecule has 0 aliphatic rings. The maximum Gasteiger partial charge on any atom is 0.131 e. The van der Waals surface area contributed by atoms with Crippen molar-refractivity contribution < 1.29 is 4.39 Å². The average Bonchev–Trinajstić information content (AvgIpc) is 2.18. The van der Waals surface area contributed by atoms with Crippen LogP contribution < -0.4 is 5.73 Å². The van der Waals surface area contributed by atoms with E-state index in [1.807, 2.05) is 6.07 Å². The Morgan fingerprint density at radius 3 is 2.85 bits per heavy atom. The predicted molar refractivity (Wildman–Crippen MR) is 49.6 cm³/mol. The SMILES string of the molecule is NCc1nccc2c(F)cccc12. The third kappa shape index (κ3) is 1.27. The summed E-state index contributed by atoms with van der Waals surface area (Å²) < 4.78 is 13.2. The zero-order valence-electron chi connectivity index (χ0n) is 7.00. The van der Waals surface area contributed by atoms with Crippen molar-refractivity contribution >= 4 is 10.8 Å². The summed E-state index contributed by atoms with van der Waals surface area (Å²) in [6.07, 6.45) is 1.58. The van der Waals surface area contributed by atoms with Crippen LogP contribution in [0.5, 0.6) is 0 Å². The van der Waals surface area contributed by atoms with E-state index in [1.54, 1.807) is 18.3 Å². The van der Waals surface area contributed by atoms with Gasteiger partial charge in [0.25, 0.3) is 0 Å². The summed E-state index contributed by atoms with van der Waals surface area (Å²) in [7, 11) is 0. The van der Waals surface area contributed by atoms with Gasteiger partial charge in [-0.15, -0.1) is 0 Å². The lowest BCUT2D eigenvalue weighted by molar-refractivity contribution is 0.639. The van der Waals surface area contributed by atoms with E-state index in [0.717, 1.165) is 11.1 Å². The summed E-state index contributed by atoms with van der Waals surface area (Å²) in [5.74, 6) is -0.227. The van der Waals surface area contributed by atoms with Crippen LogP contribution in [-0.4, -0.2) is 4.98 Å². The number of aromatic nitrogens is 1. The molecule has 3 heteroatoms. The van der Waals surface area contributed by atoms with Crippen molar-refractivity contribution in [2.75, 3.05) is 0 Å². The van der Waals surface area contributed by atoms with Crippen LogP contribution in [-0.2, 0) is 6.54 Å². The first-order valence-corrected chi connectivity index (χ1v) is 4.05. The Kier molecular flexibility index (Phi) is 1.94. The molecule has 0 aliphatic carbocycles. The van der Waals surface area contributed by atoms with Gasteiger partial charge in [0.2, 0.25) is 0 Å². The molecule has 0 aliphatic heterocycles. The molecule has 0 atom stereocenters. The lowest BCUT2D eigenvalue weighted by Gasteiger charge is -2.02. The Morgan fingerprint density at radius 2 is 2.08 bits per heavy atom. The Labute approximate surface area is 75.2 Å². The maximum absolute atomic E-state index is 13.2. The molecule has 0 bridgehead atoms. The molecule has 0 unspecified atom stereocenters. The van der Waals surface area contributed by atoms with Gasteiger partial charge < -0.3 is 5.73 Å². The second-order valence-corrected chi connectivity index (χ2v) is 2.80. The summed E-state index contributed by atoms with van der Waals surface area (Å²) >= 11 is 0. The fourth-order valence-electron chi connectivity index (χ4n) is 1.39. The number of hydrogen-bond acceptors (Lipinski definition) is 2. The van der Waals surface area contributed by atoms with Crippen LogP contribution in [0.25, 0.3) is 10.8 Å². The quantitative estimate of drug-likeness (QED) is 0.720. The number of nitrogens with two attached hydrogens (primary N) is 1. The van der Waals surface area contributed by atoms with Crippen LogP contribution >= 0.6 is 0 Å². The Balaban J connectivity index is 2.84. The lowest BCUT2D eigenvalue weighted by atomic mass is 10.1. The third-order valence-electron chi connectivity index (χ3n) is 2.03. The maximum atomic E-state index is 13.2. The number of fused-ring (bicyclic) bond motifs is 1. The van der Waals surface area contributed by atoms with E-state index in [4.69, 9.17) is 5.73 Å². The van der Waals surface area contributed by atoms with E-state index >= 15 is 0 Å². The first kappa shape index (κ1) is 8.13. The normalized spacial score (nSPS) is 10.6. The molecule has 0 amide bonds. The van der Waals surface area contributed by atoms with E-state index in [0.29, 0.717) is 11.9 Å². The van der Waals surface area contributed by atoms with Gasteiger partial charge in [-0.3, -0.25) is 4.98 Å². The van der Waals surface area contributed by atoms with Gasteiger partial charge in [0, 0.05) is 23.5 Å². The van der Waals surface area contributed by atoms with Gasteiger partial charge in [0.1, 0.15) is 5.82 Å². The summed E-state index contributed by atoms with van der Waals surface area (Å²) in [5.41, 5.74) is 6.21. The van der Waals surface area contributed by atoms with Crippen molar-refractivity contribution in [2.24, 2.45) is 5.73 Å². The minimum absolute atomic E-state index is 0.227. The number of benzene rings is 1. The zero-order chi connectivity index (χ0) is 9.26. The van der Waals surface area contributed by atoms with E-state index in [9.17, 15) is 4.39 Å². The van der Waals surface area contributed by atoms with Crippen LogP contribution in [0.2, 0.25) is 0 Å². The molecule has 0 saturated heterocycles. The molecule has 1 aromatic carbocycles. The van der Waals surface area contributed by atoms with E-state index < -0.39 is 0 Å². The first-order chi connectivity index (χ1) is 6.33. The Bertz CT molecular complexity index is 440. The molecule has 2 rings (SSSR count). The van der Waals surface area contributed by atoms with Crippen LogP contribution in [0.3, 0.4) is 0 Å². The third-order valence-corrected chi connectivity index (χ3v) is 2.03. The minimum atomic E-state index is -0.227. The fourth-order valence-corrected chi connectivity index (χ4v) is 1.39. The summed E-state index contributed by atoms with van der Waals surface area (Å²) in [6, 6.07) is 6.58. The molecule has 0 saturated carbocycles. The van der Waals surface area contributed by atoms with Gasteiger partial charge >= 0.3 is 0 Å². The first-order valence-electron chi connectivity index (χ1n) is 4.05. The number of halogens is 1. The second kappa shape index (κ2) is 3.11. The molecule has 1 aromatic heterocycles. The highest BCUT2D eigenvalue weighted by Gasteiger charge is 2.03. The van der Waals surface area contributed by atoms with Gasteiger partial charge in [0.15, 0.2) is 0 Å². The largest absolute Gasteiger partial charge is 0.325 e. The summed E-state index contributed by atoms with van der Waals surface area (Å²) in [6.45, 7) is 0.334. The minimum Gasteiger partial charge on any atom is -0.325 e. The number of hydrogen-bond donors (Lipinski definition) is 1. The van der Waals surface area contributed by atoms with E-state index in [2.05, 4.69) is 4.98 Å². The zero-order valence-corrected chi connectivity index (χ0v) is 7.00. The topological polar surface area (TPSA) is 38.9 Å². The standard InChI is InChI=1S/C10H9FN2/c11-9-3-1-2-8-7(9)4-5-13-10(8)6-12/h1-5H,6,12H2. The molecule has 2 nitrogen and oxygen atoms in total. The highest BCUT2D eigenvalue weighted by Crippen LogP contribution is 2.18. The molecule has 0 radical (unpaired) electrons. The van der Waals surface area contributed by atoms with Crippen LogP contribution in [0.4, 0.5) is 4.39 Å². The van der Waals surface area contributed by atoms with Crippen molar-refractivity contribution in [3.8, 4) is 0 Å². The molecule has 2 aromatic rings. The van der Waals surface area contributed by atoms with Crippen molar-refractivity contribution in [3.63, 3.8) is 0 Å². The van der Waals surface area contributed by atoms with Gasteiger partial charge in [-0.2, -0.15) is 0 Å². The number of rotatable bonds is 1. The average molecular weight is 176 g/mol. The van der Waals surface area contributed by atoms with Gasteiger partial charge in [0.05, 0.1) is 5.69 Å². The predicted octanol–water partition coefficient (Wildman–Crippen LogP) is 1.83. The van der Waals surface area contributed by atoms with Crippen LogP contribution in [0, 0.1) is 5.82 Å². The smallest absolute Gasteiger partial charge is 0.131 e. The van der Waals surface area contributed by atoms with Crippen LogP contribution in [0.1, 0.15) is 5.69 Å². The van der Waals surface area contributed by atoms with Gasteiger partial charge in [-0.05, 0) is 12.1 Å². The van der Waals surface area contributed by atoms with Gasteiger partial charge in [-0.25, -0.2) is 4.39 Å². The Morgan fingerprint density at radius 1 is 1.23 bits per heavy atom. The molecule has 66 valence electrons. The molecule has 13 heavy (non-hydrogen) atoms. The van der Waals surface area contributed by atoms with Crippen molar-refractivity contribution in [1.82, 2.24) is 4.98 Å². The Hall–Kier alpha value is -1.48. The van der Waals surface area contributed by atoms with E-state index in [1.165, 1.54) is 6.07 Å². The molecule has 0 spiro atoms.